The third kappa shape index (κ3) is 4.88. The van der Waals surface area contributed by atoms with Crippen LogP contribution in [0.5, 0.6) is 0 Å². The molecule has 1 heterocycles. The molecule has 1 amide bonds. The number of likely N-dealkylation sites (tertiary alicyclic amines) is 1. The average molecular weight is 312 g/mol. The van der Waals surface area contributed by atoms with Crippen LogP contribution in [0.25, 0.3) is 0 Å². The fourth-order valence-electron chi connectivity index (χ4n) is 2.50. The van der Waals surface area contributed by atoms with E-state index < -0.39 is 0 Å². The standard InChI is InChI=1S/C15H22ClN3O2/c1-21-12-6-8-19(10-12)7-2-3-15(20)18-11-4-5-13(16)14(17)9-11/h4-5,9,12H,2-3,6-8,10,17H2,1H3,(H,18,20). The Labute approximate surface area is 130 Å². The lowest BCUT2D eigenvalue weighted by Crippen LogP contribution is -2.25. The third-order valence-electron chi connectivity index (χ3n) is 3.72. The summed E-state index contributed by atoms with van der Waals surface area (Å²) >= 11 is 5.84. The Morgan fingerprint density at radius 3 is 3.05 bits per heavy atom. The zero-order valence-electron chi connectivity index (χ0n) is 12.3. The van der Waals surface area contributed by atoms with Crippen molar-refractivity contribution in [3.63, 3.8) is 0 Å². The predicted molar refractivity (Wildman–Crippen MR) is 85.6 cm³/mol. The van der Waals surface area contributed by atoms with Crippen molar-refractivity contribution < 1.29 is 9.53 Å². The maximum Gasteiger partial charge on any atom is 0.224 e. The van der Waals surface area contributed by atoms with Crippen molar-refractivity contribution in [1.82, 2.24) is 4.90 Å². The second-order valence-corrected chi connectivity index (χ2v) is 5.74. The highest BCUT2D eigenvalue weighted by molar-refractivity contribution is 6.33. The molecule has 1 fully saturated rings. The molecule has 21 heavy (non-hydrogen) atoms. The van der Waals surface area contributed by atoms with Gasteiger partial charge in [0.25, 0.3) is 0 Å². The number of halogens is 1. The normalized spacial score (nSPS) is 18.9. The molecule has 1 aliphatic heterocycles. The largest absolute Gasteiger partial charge is 0.397 e. The molecule has 0 bridgehead atoms. The van der Waals surface area contributed by atoms with Crippen LogP contribution in [0.2, 0.25) is 5.02 Å². The lowest BCUT2D eigenvalue weighted by atomic mass is 10.2. The molecule has 0 radical (unpaired) electrons. The number of nitrogens with two attached hydrogens (primary N) is 1. The summed E-state index contributed by atoms with van der Waals surface area (Å²) in [6, 6.07) is 5.10. The number of methoxy groups -OCH3 is 1. The summed E-state index contributed by atoms with van der Waals surface area (Å²) in [5.41, 5.74) is 6.86. The minimum Gasteiger partial charge on any atom is -0.397 e. The van der Waals surface area contributed by atoms with Gasteiger partial charge < -0.3 is 20.7 Å². The molecule has 1 aliphatic rings. The van der Waals surface area contributed by atoms with Crippen LogP contribution in [0.15, 0.2) is 18.2 Å². The van der Waals surface area contributed by atoms with E-state index in [9.17, 15) is 4.79 Å². The summed E-state index contributed by atoms with van der Waals surface area (Å²) < 4.78 is 5.33. The van der Waals surface area contributed by atoms with Gasteiger partial charge >= 0.3 is 0 Å². The van der Waals surface area contributed by atoms with E-state index >= 15 is 0 Å². The van der Waals surface area contributed by atoms with Crippen LogP contribution in [0.4, 0.5) is 11.4 Å². The zero-order chi connectivity index (χ0) is 15.2. The molecular formula is C15H22ClN3O2. The van der Waals surface area contributed by atoms with Crippen LogP contribution in [0.1, 0.15) is 19.3 Å². The summed E-state index contributed by atoms with van der Waals surface area (Å²) in [5.74, 6) is -0.000731. The number of nitrogen functional groups attached to an aromatic ring is 1. The van der Waals surface area contributed by atoms with E-state index in [1.54, 1.807) is 25.3 Å². The fourth-order valence-corrected chi connectivity index (χ4v) is 2.62. The smallest absolute Gasteiger partial charge is 0.224 e. The highest BCUT2D eigenvalue weighted by Crippen LogP contribution is 2.22. The number of rotatable bonds is 6. The second kappa shape index (κ2) is 7.64. The quantitative estimate of drug-likeness (QED) is 0.791. The van der Waals surface area contributed by atoms with Gasteiger partial charge in [0.1, 0.15) is 0 Å². The first-order valence-corrected chi connectivity index (χ1v) is 7.56. The number of carbonyl (C=O) groups excluding carboxylic acids is 1. The Morgan fingerprint density at radius 2 is 2.38 bits per heavy atom. The third-order valence-corrected chi connectivity index (χ3v) is 4.06. The van der Waals surface area contributed by atoms with E-state index in [2.05, 4.69) is 10.2 Å². The van der Waals surface area contributed by atoms with E-state index in [0.717, 1.165) is 32.5 Å². The molecule has 0 saturated carbocycles. The maximum atomic E-state index is 11.9. The summed E-state index contributed by atoms with van der Waals surface area (Å²) in [6.07, 6.45) is 2.75. The van der Waals surface area contributed by atoms with Crippen molar-refractivity contribution in [1.29, 1.82) is 0 Å². The van der Waals surface area contributed by atoms with Crippen LogP contribution in [0, 0.1) is 0 Å². The van der Waals surface area contributed by atoms with E-state index in [-0.39, 0.29) is 5.91 Å². The van der Waals surface area contributed by atoms with Gasteiger partial charge in [0.15, 0.2) is 0 Å². The molecule has 1 unspecified atom stereocenters. The summed E-state index contributed by atoms with van der Waals surface area (Å²) in [5, 5.41) is 3.33. The minimum absolute atomic E-state index is 0.000731. The molecule has 0 spiro atoms. The van der Waals surface area contributed by atoms with Crippen LogP contribution in [-0.4, -0.2) is 43.7 Å². The molecule has 5 nitrogen and oxygen atoms in total. The number of nitrogens with zero attached hydrogens (tertiary/aromatic N) is 1. The van der Waals surface area contributed by atoms with Gasteiger partial charge in [-0.15, -0.1) is 0 Å². The Bertz CT molecular complexity index is 496. The Hall–Kier alpha value is -1.30. The molecule has 116 valence electrons. The first kappa shape index (κ1) is 16.1. The number of anilines is 2. The molecule has 1 saturated heterocycles. The topological polar surface area (TPSA) is 67.6 Å². The molecule has 1 aromatic rings. The number of amides is 1. The van der Waals surface area contributed by atoms with Crippen molar-refractivity contribution >= 4 is 28.9 Å². The van der Waals surface area contributed by atoms with E-state index in [0.29, 0.717) is 28.9 Å². The Morgan fingerprint density at radius 1 is 1.57 bits per heavy atom. The Balaban J connectivity index is 1.69. The summed E-state index contributed by atoms with van der Waals surface area (Å²) in [6.45, 7) is 2.94. The van der Waals surface area contributed by atoms with E-state index in [1.807, 2.05) is 0 Å². The van der Waals surface area contributed by atoms with Gasteiger partial charge in [-0.25, -0.2) is 0 Å². The Kier molecular flexibility index (Phi) is 5.85. The van der Waals surface area contributed by atoms with E-state index in [1.165, 1.54) is 0 Å². The van der Waals surface area contributed by atoms with Crippen molar-refractivity contribution in [3.8, 4) is 0 Å². The number of ether oxygens (including phenoxy) is 1. The first-order valence-electron chi connectivity index (χ1n) is 7.18. The molecule has 3 N–H and O–H groups in total. The fraction of sp³-hybridized carbons (Fsp3) is 0.533. The zero-order valence-corrected chi connectivity index (χ0v) is 13.0. The van der Waals surface area contributed by atoms with Gasteiger partial charge in [-0.05, 0) is 37.6 Å². The van der Waals surface area contributed by atoms with Gasteiger partial charge in [-0.2, -0.15) is 0 Å². The van der Waals surface area contributed by atoms with Crippen LogP contribution >= 0.6 is 11.6 Å². The molecular weight excluding hydrogens is 290 g/mol. The maximum absolute atomic E-state index is 11.9. The lowest BCUT2D eigenvalue weighted by Gasteiger charge is -2.15. The van der Waals surface area contributed by atoms with Gasteiger partial charge in [0.2, 0.25) is 5.91 Å². The van der Waals surface area contributed by atoms with Crippen LogP contribution in [0.3, 0.4) is 0 Å². The molecule has 1 aromatic carbocycles. The molecule has 1 atom stereocenters. The van der Waals surface area contributed by atoms with Crippen molar-refractivity contribution in [3.05, 3.63) is 23.2 Å². The van der Waals surface area contributed by atoms with Crippen molar-refractivity contribution in [2.75, 3.05) is 37.8 Å². The van der Waals surface area contributed by atoms with Gasteiger partial charge in [0.05, 0.1) is 16.8 Å². The molecule has 0 aromatic heterocycles. The first-order chi connectivity index (χ1) is 10.1. The minimum atomic E-state index is -0.000731. The number of benzene rings is 1. The van der Waals surface area contributed by atoms with Gasteiger partial charge in [-0.3, -0.25) is 4.79 Å². The monoisotopic (exact) mass is 311 g/mol. The van der Waals surface area contributed by atoms with Crippen molar-refractivity contribution in [2.45, 2.75) is 25.4 Å². The number of carbonyl (C=O) groups is 1. The predicted octanol–water partition coefficient (Wildman–Crippen LogP) is 2.36. The van der Waals surface area contributed by atoms with Gasteiger partial charge in [-0.1, -0.05) is 11.6 Å². The SMILES string of the molecule is COC1CCN(CCCC(=O)Nc2ccc(Cl)c(N)c2)C1. The number of nitrogens with one attached hydrogen (secondary N) is 1. The summed E-state index contributed by atoms with van der Waals surface area (Å²) in [7, 11) is 1.75. The number of hydrogen-bond acceptors (Lipinski definition) is 4. The highest BCUT2D eigenvalue weighted by atomic mass is 35.5. The van der Waals surface area contributed by atoms with Crippen molar-refractivity contribution in [2.24, 2.45) is 0 Å². The molecule has 2 rings (SSSR count). The number of hydrogen-bond donors (Lipinski definition) is 2. The van der Waals surface area contributed by atoms with E-state index in [4.69, 9.17) is 22.1 Å². The molecule has 6 heteroatoms. The van der Waals surface area contributed by atoms with Gasteiger partial charge in [0, 0.05) is 32.3 Å². The average Bonchev–Trinajstić information content (AvgIpc) is 2.91. The van der Waals surface area contributed by atoms with Crippen LogP contribution in [-0.2, 0) is 9.53 Å². The summed E-state index contributed by atoms with van der Waals surface area (Å²) in [4.78, 5) is 14.2. The highest BCUT2D eigenvalue weighted by Gasteiger charge is 2.21. The molecule has 0 aliphatic carbocycles. The second-order valence-electron chi connectivity index (χ2n) is 5.34. The van der Waals surface area contributed by atoms with Crippen LogP contribution < -0.4 is 11.1 Å². The lowest BCUT2D eigenvalue weighted by molar-refractivity contribution is -0.116.